The second kappa shape index (κ2) is 11.7. The van der Waals surface area contributed by atoms with Crippen LogP contribution in [0.3, 0.4) is 0 Å². The van der Waals surface area contributed by atoms with Crippen molar-refractivity contribution in [1.82, 2.24) is 30.8 Å². The number of tetrazole rings is 1. The van der Waals surface area contributed by atoms with Crippen LogP contribution in [0.4, 0.5) is 5.69 Å². The van der Waals surface area contributed by atoms with Crippen LogP contribution >= 0.6 is 11.6 Å². The van der Waals surface area contributed by atoms with Crippen LogP contribution in [0.5, 0.6) is 0 Å². The van der Waals surface area contributed by atoms with E-state index in [0.29, 0.717) is 34.1 Å². The van der Waals surface area contributed by atoms with Crippen LogP contribution in [0, 0.1) is 0 Å². The van der Waals surface area contributed by atoms with Gasteiger partial charge in [-0.15, -0.1) is 5.10 Å². The molecule has 196 valence electrons. The van der Waals surface area contributed by atoms with E-state index in [-0.39, 0.29) is 12.3 Å². The molecule has 5 rings (SSSR count). The number of fused-ring (bicyclic) bond motifs is 1. The second-order valence-electron chi connectivity index (χ2n) is 8.91. The molecule has 3 aromatic carbocycles. The summed E-state index contributed by atoms with van der Waals surface area (Å²) >= 11 is 6.17. The summed E-state index contributed by atoms with van der Waals surface area (Å²) in [5.74, 6) is -1.05. The monoisotopic (exact) mass is 541 g/mol. The maximum absolute atomic E-state index is 13.3. The molecule has 0 fully saturated rings. The lowest BCUT2D eigenvalue weighted by Crippen LogP contribution is -2.44. The largest absolute Gasteiger partial charge is 0.352 e. The molecule has 11 heteroatoms. The standard InChI is InChI=1S/C28H24ClN7O3/c29-21-8-10-25(36-17-31-34-35-36)20(15-21)7-11-26(37)33-24(14-18-4-2-1-3-5-18)28(39)32-22-9-6-19-12-13-30-27(38)23(19)16-22/h1-11,15-17,24H,12-14H2,(H,30,38)(H,32,39)(H,33,37)/b11-7+/t24-/m0/s1. The number of halogens is 1. The van der Waals surface area contributed by atoms with E-state index >= 15 is 0 Å². The number of benzene rings is 3. The Balaban J connectivity index is 1.34. The number of nitrogens with zero attached hydrogens (tertiary/aromatic N) is 4. The molecule has 3 amide bonds. The van der Waals surface area contributed by atoms with Gasteiger partial charge in [0.1, 0.15) is 12.4 Å². The van der Waals surface area contributed by atoms with Gasteiger partial charge in [-0.1, -0.05) is 48.0 Å². The van der Waals surface area contributed by atoms with Gasteiger partial charge in [-0.3, -0.25) is 14.4 Å². The van der Waals surface area contributed by atoms with Gasteiger partial charge >= 0.3 is 0 Å². The molecule has 1 aromatic heterocycles. The zero-order chi connectivity index (χ0) is 27.2. The number of carbonyl (C=O) groups excluding carboxylic acids is 3. The predicted molar refractivity (Wildman–Crippen MR) is 146 cm³/mol. The normalized spacial score (nSPS) is 13.4. The van der Waals surface area contributed by atoms with Crippen molar-refractivity contribution in [3.8, 4) is 5.69 Å². The van der Waals surface area contributed by atoms with Crippen molar-refractivity contribution in [3.05, 3.63) is 106 Å². The van der Waals surface area contributed by atoms with E-state index in [9.17, 15) is 14.4 Å². The average molecular weight is 542 g/mol. The number of hydrogen-bond donors (Lipinski definition) is 3. The van der Waals surface area contributed by atoms with Gasteiger partial charge < -0.3 is 16.0 Å². The van der Waals surface area contributed by atoms with Gasteiger partial charge in [0.15, 0.2) is 0 Å². The summed E-state index contributed by atoms with van der Waals surface area (Å²) in [7, 11) is 0. The SMILES string of the molecule is O=C(/C=C/c1cc(Cl)ccc1-n1cnnn1)N[C@@H](Cc1ccccc1)C(=O)Nc1ccc2c(c1)C(=O)NCC2. The number of aromatic nitrogens is 4. The highest BCUT2D eigenvalue weighted by Crippen LogP contribution is 2.21. The van der Waals surface area contributed by atoms with Gasteiger partial charge in [0.25, 0.3) is 5.91 Å². The van der Waals surface area contributed by atoms with E-state index in [2.05, 4.69) is 31.5 Å². The van der Waals surface area contributed by atoms with Gasteiger partial charge in [-0.05, 0) is 64.4 Å². The maximum Gasteiger partial charge on any atom is 0.251 e. The molecule has 0 aliphatic carbocycles. The Morgan fingerprint density at radius 3 is 2.74 bits per heavy atom. The Kier molecular flexibility index (Phi) is 7.74. The van der Waals surface area contributed by atoms with E-state index in [0.717, 1.165) is 17.5 Å². The minimum absolute atomic E-state index is 0.173. The van der Waals surface area contributed by atoms with E-state index < -0.39 is 17.9 Å². The number of amides is 3. The highest BCUT2D eigenvalue weighted by molar-refractivity contribution is 6.30. The Morgan fingerprint density at radius 2 is 1.95 bits per heavy atom. The molecule has 0 saturated carbocycles. The molecular formula is C28H24ClN7O3. The topological polar surface area (TPSA) is 131 Å². The number of nitrogens with one attached hydrogen (secondary N) is 3. The van der Waals surface area contributed by atoms with Crippen LogP contribution in [0.15, 0.2) is 79.1 Å². The molecule has 1 aliphatic heterocycles. The summed E-state index contributed by atoms with van der Waals surface area (Å²) in [4.78, 5) is 38.6. The molecule has 0 saturated heterocycles. The zero-order valence-electron chi connectivity index (χ0n) is 20.7. The fourth-order valence-corrected chi connectivity index (χ4v) is 4.48. The quantitative estimate of drug-likeness (QED) is 0.294. The number of carbonyl (C=O) groups is 3. The first-order valence-corrected chi connectivity index (χ1v) is 12.6. The molecule has 0 unspecified atom stereocenters. The minimum Gasteiger partial charge on any atom is -0.352 e. The Labute approximate surface area is 229 Å². The van der Waals surface area contributed by atoms with Gasteiger partial charge in [0, 0.05) is 40.9 Å². The van der Waals surface area contributed by atoms with Crippen molar-refractivity contribution in [2.75, 3.05) is 11.9 Å². The summed E-state index contributed by atoms with van der Waals surface area (Å²) in [6.45, 7) is 0.586. The van der Waals surface area contributed by atoms with Crippen LogP contribution < -0.4 is 16.0 Å². The minimum atomic E-state index is -0.882. The third kappa shape index (κ3) is 6.36. The van der Waals surface area contributed by atoms with Crippen LogP contribution in [0.25, 0.3) is 11.8 Å². The molecule has 2 heterocycles. The number of rotatable bonds is 8. The summed E-state index contributed by atoms with van der Waals surface area (Å²) in [6.07, 6.45) is 5.35. The van der Waals surface area contributed by atoms with Gasteiger partial charge in [-0.25, -0.2) is 0 Å². The lowest BCUT2D eigenvalue weighted by atomic mass is 9.99. The van der Waals surface area contributed by atoms with Crippen LogP contribution in [0.1, 0.15) is 27.0 Å². The van der Waals surface area contributed by atoms with Gasteiger partial charge in [0.05, 0.1) is 5.69 Å². The Bertz CT molecular complexity index is 1540. The highest BCUT2D eigenvalue weighted by Gasteiger charge is 2.22. The molecule has 0 bridgehead atoms. The molecule has 0 spiro atoms. The van der Waals surface area contributed by atoms with Crippen LogP contribution in [0.2, 0.25) is 5.02 Å². The third-order valence-corrected chi connectivity index (χ3v) is 6.45. The second-order valence-corrected chi connectivity index (χ2v) is 9.35. The molecule has 1 aliphatic rings. The number of anilines is 1. The lowest BCUT2D eigenvalue weighted by Gasteiger charge is -2.20. The maximum atomic E-state index is 13.3. The third-order valence-electron chi connectivity index (χ3n) is 6.22. The first-order valence-electron chi connectivity index (χ1n) is 12.2. The molecule has 1 atom stereocenters. The summed E-state index contributed by atoms with van der Waals surface area (Å²) in [5.41, 5.74) is 4.06. The average Bonchev–Trinajstić information content (AvgIpc) is 3.47. The summed E-state index contributed by atoms with van der Waals surface area (Å²) in [5, 5.41) is 20.1. The number of hydrogen-bond acceptors (Lipinski definition) is 6. The smallest absolute Gasteiger partial charge is 0.251 e. The Morgan fingerprint density at radius 1 is 1.10 bits per heavy atom. The van der Waals surface area contributed by atoms with Crippen molar-refractivity contribution in [2.45, 2.75) is 18.9 Å². The first kappa shape index (κ1) is 25.8. The fraction of sp³-hybridized carbons (Fsp3) is 0.143. The van der Waals surface area contributed by atoms with E-state index in [1.54, 1.807) is 36.4 Å². The summed E-state index contributed by atoms with van der Waals surface area (Å²) < 4.78 is 1.46. The first-order chi connectivity index (χ1) is 19.0. The van der Waals surface area contributed by atoms with Crippen molar-refractivity contribution in [2.24, 2.45) is 0 Å². The Hall–Kier alpha value is -4.83. The van der Waals surface area contributed by atoms with Crippen molar-refractivity contribution in [3.63, 3.8) is 0 Å². The van der Waals surface area contributed by atoms with E-state index in [1.165, 1.54) is 17.1 Å². The molecular weight excluding hydrogens is 518 g/mol. The predicted octanol–water partition coefficient (Wildman–Crippen LogP) is 2.98. The van der Waals surface area contributed by atoms with Crippen molar-refractivity contribution < 1.29 is 14.4 Å². The molecule has 0 radical (unpaired) electrons. The summed E-state index contributed by atoms with van der Waals surface area (Å²) in [6, 6.07) is 18.9. The molecule has 10 nitrogen and oxygen atoms in total. The van der Waals surface area contributed by atoms with E-state index in [4.69, 9.17) is 11.6 Å². The molecule has 3 N–H and O–H groups in total. The highest BCUT2D eigenvalue weighted by atomic mass is 35.5. The fourth-order valence-electron chi connectivity index (χ4n) is 4.30. The molecule has 39 heavy (non-hydrogen) atoms. The molecule has 4 aromatic rings. The lowest BCUT2D eigenvalue weighted by molar-refractivity contribution is -0.123. The van der Waals surface area contributed by atoms with E-state index in [1.807, 2.05) is 36.4 Å². The van der Waals surface area contributed by atoms with Crippen LogP contribution in [-0.2, 0) is 22.4 Å². The van der Waals surface area contributed by atoms with Gasteiger partial charge in [0.2, 0.25) is 11.8 Å². The van der Waals surface area contributed by atoms with Crippen molar-refractivity contribution >= 4 is 41.1 Å². The van der Waals surface area contributed by atoms with Gasteiger partial charge in [-0.2, -0.15) is 4.68 Å². The van der Waals surface area contributed by atoms with Crippen molar-refractivity contribution in [1.29, 1.82) is 0 Å². The van der Waals surface area contributed by atoms with Crippen LogP contribution in [-0.4, -0.2) is 50.5 Å². The zero-order valence-corrected chi connectivity index (χ0v) is 21.4.